The second-order valence-electron chi connectivity index (χ2n) is 14.2. The smallest absolute Gasteiger partial charge is 0.308 e. The molecule has 2 aromatic carbocycles. The van der Waals surface area contributed by atoms with E-state index in [-0.39, 0.29) is 35.5 Å². The third kappa shape index (κ3) is 5.34. The maximum atomic E-state index is 13.6. The van der Waals surface area contributed by atoms with E-state index in [1.54, 1.807) is 0 Å². The largest absolute Gasteiger partial charge is 0.483 e. The van der Waals surface area contributed by atoms with Crippen LogP contribution in [0.1, 0.15) is 87.8 Å². The van der Waals surface area contributed by atoms with Crippen molar-refractivity contribution in [2.75, 3.05) is 20.1 Å². The number of benzene rings is 2. The molecule has 7 atom stereocenters. The number of hydrogen-bond acceptors (Lipinski definition) is 6. The van der Waals surface area contributed by atoms with E-state index in [0.29, 0.717) is 30.0 Å². The van der Waals surface area contributed by atoms with Gasteiger partial charge in [0.1, 0.15) is 6.10 Å². The lowest BCUT2D eigenvalue weighted by atomic mass is 9.51. The van der Waals surface area contributed by atoms with Crippen LogP contribution in [0.4, 0.5) is 0 Å². The number of hydrogen-bond donors (Lipinski definition) is 1. The van der Waals surface area contributed by atoms with Gasteiger partial charge in [-0.1, -0.05) is 55.7 Å². The van der Waals surface area contributed by atoms with Crippen LogP contribution >= 0.6 is 0 Å². The highest BCUT2D eigenvalue weighted by molar-refractivity contribution is 5.77. The van der Waals surface area contributed by atoms with E-state index in [1.807, 2.05) is 18.0 Å². The van der Waals surface area contributed by atoms with E-state index in [0.717, 1.165) is 76.6 Å². The van der Waals surface area contributed by atoms with Crippen molar-refractivity contribution in [3.8, 4) is 11.5 Å². The Morgan fingerprint density at radius 2 is 1.84 bits per heavy atom. The second-order valence-corrected chi connectivity index (χ2v) is 14.2. The van der Waals surface area contributed by atoms with Gasteiger partial charge in [-0.25, -0.2) is 0 Å². The van der Waals surface area contributed by atoms with Gasteiger partial charge in [0.25, 0.3) is 0 Å². The van der Waals surface area contributed by atoms with Crippen molar-refractivity contribution in [1.29, 1.82) is 0 Å². The van der Waals surface area contributed by atoms with Crippen LogP contribution in [0.5, 0.6) is 11.5 Å². The molecule has 2 aromatic rings. The Bertz CT molecular complexity index is 1380. The van der Waals surface area contributed by atoms with Crippen molar-refractivity contribution in [2.45, 2.75) is 114 Å². The molecule has 3 fully saturated rings. The van der Waals surface area contributed by atoms with Gasteiger partial charge in [0.15, 0.2) is 11.5 Å². The number of aliphatic hydroxyl groups is 1. The highest BCUT2D eigenvalue weighted by Gasteiger charge is 2.66. The molecule has 7 heteroatoms. The monoisotopic (exact) mass is 600 g/mol. The van der Waals surface area contributed by atoms with Gasteiger partial charge in [0, 0.05) is 49.9 Å². The fourth-order valence-electron chi connectivity index (χ4n) is 9.32. The molecule has 7 rings (SSSR count). The number of likely N-dealkylation sites (N-methyl/N-ethyl adjacent to an activating group) is 1. The van der Waals surface area contributed by atoms with Gasteiger partial charge >= 0.3 is 5.97 Å². The van der Waals surface area contributed by atoms with Gasteiger partial charge < -0.3 is 19.5 Å². The van der Waals surface area contributed by atoms with Gasteiger partial charge in [-0.3, -0.25) is 14.5 Å². The number of amides is 1. The van der Waals surface area contributed by atoms with Crippen molar-refractivity contribution < 1.29 is 24.2 Å². The first-order valence-corrected chi connectivity index (χ1v) is 17.1. The number of piperidine rings is 1. The Kier molecular flexibility index (Phi) is 8.21. The Morgan fingerprint density at radius 1 is 1.07 bits per heavy atom. The van der Waals surface area contributed by atoms with Gasteiger partial charge in [-0.15, -0.1) is 0 Å². The molecule has 7 nitrogen and oxygen atoms in total. The Hall–Kier alpha value is -2.90. The third-order valence-corrected chi connectivity index (χ3v) is 11.6. The molecule has 0 radical (unpaired) electrons. The second kappa shape index (κ2) is 12.1. The summed E-state index contributed by atoms with van der Waals surface area (Å²) in [6.07, 6.45) is 11.8. The molecule has 2 bridgehead atoms. The third-order valence-electron chi connectivity index (χ3n) is 11.6. The summed E-state index contributed by atoms with van der Waals surface area (Å²) in [7, 11) is 1.98. The van der Waals surface area contributed by atoms with Crippen LogP contribution in [0, 0.1) is 11.8 Å². The molecule has 1 N–H and O–H groups in total. The van der Waals surface area contributed by atoms with Crippen molar-refractivity contribution >= 4 is 11.9 Å². The quantitative estimate of drug-likeness (QED) is 0.199. The first kappa shape index (κ1) is 29.8. The standard InChI is InChI=1S/C37H48N2O5/c1-24(40)43-32-18-15-26-21-30-28-16-17-29(38(2)33(42)14-10-5-3-4-7-11-25-12-8-6-9-13-25)36-37(28,34(26)35(32)44-36)19-20-39(30)23-27-22-31(27)41/h6,8-9,12-13,15,18,27-31,36,41H,3-5,7,10-11,14,16-17,19-23H2,1-2H3/t27?,28-,29+,30+,31?,36-,37-/m0/s1. The Balaban J connectivity index is 1.04. The topological polar surface area (TPSA) is 79.3 Å². The molecule has 236 valence electrons. The maximum absolute atomic E-state index is 13.6. The van der Waals surface area contributed by atoms with Crippen molar-refractivity contribution in [3.63, 3.8) is 0 Å². The van der Waals surface area contributed by atoms with Gasteiger partial charge in [0.05, 0.1) is 12.1 Å². The minimum atomic E-state index is -0.343. The highest BCUT2D eigenvalue weighted by atomic mass is 16.6. The lowest BCUT2D eigenvalue weighted by molar-refractivity contribution is -0.140. The summed E-state index contributed by atoms with van der Waals surface area (Å²) in [5, 5.41) is 10.1. The number of aryl methyl sites for hydroxylation is 1. The predicted octanol–water partition coefficient (Wildman–Crippen LogP) is 5.44. The summed E-state index contributed by atoms with van der Waals surface area (Å²) in [6.45, 7) is 3.37. The highest BCUT2D eigenvalue weighted by Crippen LogP contribution is 2.64. The number of nitrogens with zero attached hydrogens (tertiary/aromatic N) is 2. The zero-order valence-electron chi connectivity index (χ0n) is 26.4. The minimum absolute atomic E-state index is 0.00870. The maximum Gasteiger partial charge on any atom is 0.308 e. The zero-order chi connectivity index (χ0) is 30.4. The number of carbonyl (C=O) groups is 2. The summed E-state index contributed by atoms with van der Waals surface area (Å²) in [5.74, 6) is 1.94. The van der Waals surface area contributed by atoms with Gasteiger partial charge in [-0.2, -0.15) is 0 Å². The van der Waals surface area contributed by atoms with Crippen LogP contribution in [0.15, 0.2) is 42.5 Å². The van der Waals surface area contributed by atoms with Crippen molar-refractivity contribution in [2.24, 2.45) is 11.8 Å². The van der Waals surface area contributed by atoms with Crippen molar-refractivity contribution in [1.82, 2.24) is 9.80 Å². The number of ether oxygens (including phenoxy) is 2. The zero-order valence-corrected chi connectivity index (χ0v) is 26.4. The number of carbonyl (C=O) groups excluding carboxylic acids is 2. The molecular formula is C37H48N2O5. The first-order valence-electron chi connectivity index (χ1n) is 17.1. The molecule has 3 aliphatic carbocycles. The van der Waals surface area contributed by atoms with E-state index in [1.165, 1.54) is 36.5 Å². The molecule has 1 spiro atoms. The molecule has 2 unspecified atom stereocenters. The van der Waals surface area contributed by atoms with E-state index in [4.69, 9.17) is 9.47 Å². The van der Waals surface area contributed by atoms with E-state index >= 15 is 0 Å². The summed E-state index contributed by atoms with van der Waals surface area (Å²) < 4.78 is 12.6. The van der Waals surface area contributed by atoms with Crippen LogP contribution in [-0.2, 0) is 27.8 Å². The molecule has 2 saturated carbocycles. The molecule has 0 aromatic heterocycles. The molecule has 1 saturated heterocycles. The number of likely N-dealkylation sites (tertiary alicyclic amines) is 1. The van der Waals surface area contributed by atoms with E-state index < -0.39 is 0 Å². The molecule has 5 aliphatic rings. The van der Waals surface area contributed by atoms with Crippen LogP contribution < -0.4 is 9.47 Å². The van der Waals surface area contributed by atoms with E-state index in [2.05, 4.69) is 41.3 Å². The number of aliphatic hydroxyl groups excluding tert-OH is 1. The van der Waals surface area contributed by atoms with Gasteiger partial charge in [-0.05, 0) is 81.0 Å². The summed E-state index contributed by atoms with van der Waals surface area (Å²) in [5.41, 5.74) is 3.76. The fraction of sp³-hybridized carbons (Fsp3) is 0.622. The molecular weight excluding hydrogens is 552 g/mol. The number of esters is 1. The molecule has 44 heavy (non-hydrogen) atoms. The summed E-state index contributed by atoms with van der Waals surface area (Å²) in [4.78, 5) is 30.3. The number of rotatable bonds is 12. The Labute approximate surface area is 261 Å². The average Bonchev–Trinajstić information content (AvgIpc) is 3.60. The SMILES string of the molecule is CC(=O)Oc1ccc2c3c1O[C@H]1[C@H](N(C)C(=O)CCCCCCCc4ccccc4)CC[C@H]4[C@@H](C2)N(CC2CC2O)CC[C@@]341. The van der Waals surface area contributed by atoms with Crippen LogP contribution in [0.25, 0.3) is 0 Å². The fourth-order valence-corrected chi connectivity index (χ4v) is 9.32. The number of unbranched alkanes of at least 4 members (excludes halogenated alkanes) is 4. The molecule has 2 aliphatic heterocycles. The van der Waals surface area contributed by atoms with Crippen LogP contribution in [-0.4, -0.2) is 71.2 Å². The predicted molar refractivity (Wildman–Crippen MR) is 169 cm³/mol. The first-order chi connectivity index (χ1) is 21.4. The minimum Gasteiger partial charge on any atom is -0.483 e. The van der Waals surface area contributed by atoms with Crippen LogP contribution in [0.2, 0.25) is 0 Å². The normalized spacial score (nSPS) is 31.2. The average molecular weight is 601 g/mol. The lowest BCUT2D eigenvalue weighted by Crippen LogP contribution is -2.69. The lowest BCUT2D eigenvalue weighted by Gasteiger charge is -2.60. The van der Waals surface area contributed by atoms with Crippen molar-refractivity contribution in [3.05, 3.63) is 59.2 Å². The summed E-state index contributed by atoms with van der Waals surface area (Å²) >= 11 is 0. The Morgan fingerprint density at radius 3 is 2.61 bits per heavy atom. The van der Waals surface area contributed by atoms with E-state index in [9.17, 15) is 14.7 Å². The molecule has 2 heterocycles. The van der Waals surface area contributed by atoms with Crippen LogP contribution in [0.3, 0.4) is 0 Å². The molecule has 1 amide bonds. The van der Waals surface area contributed by atoms with Gasteiger partial charge in [0.2, 0.25) is 5.91 Å². The summed E-state index contributed by atoms with van der Waals surface area (Å²) in [6, 6.07) is 15.1.